The molecule has 5 heteroatoms. The van der Waals surface area contributed by atoms with Crippen LogP contribution in [-0.4, -0.2) is 39.6 Å². The Bertz CT molecular complexity index is 589. The molecule has 3 unspecified atom stereocenters. The fourth-order valence-corrected chi connectivity index (χ4v) is 4.50. The lowest BCUT2D eigenvalue weighted by Crippen LogP contribution is -2.43. The van der Waals surface area contributed by atoms with Crippen LogP contribution in [0.4, 0.5) is 4.79 Å². The Morgan fingerprint density at radius 2 is 2.00 bits per heavy atom. The molecule has 3 rings (SSSR count). The van der Waals surface area contributed by atoms with Gasteiger partial charge >= 0.3 is 6.03 Å². The van der Waals surface area contributed by atoms with Crippen LogP contribution in [0.5, 0.6) is 0 Å². The summed E-state index contributed by atoms with van der Waals surface area (Å²) in [4.78, 5) is 19.1. The van der Waals surface area contributed by atoms with Crippen molar-refractivity contribution < 1.29 is 4.79 Å². The van der Waals surface area contributed by atoms with Gasteiger partial charge in [0.2, 0.25) is 0 Å². The third kappa shape index (κ3) is 4.36. The van der Waals surface area contributed by atoms with Crippen LogP contribution in [0.2, 0.25) is 0 Å². The first kappa shape index (κ1) is 18.3. The number of aromatic nitrogens is 2. The molecule has 1 saturated carbocycles. The smallest absolute Gasteiger partial charge is 0.317 e. The Balaban J connectivity index is 1.50. The van der Waals surface area contributed by atoms with Crippen LogP contribution in [0.3, 0.4) is 0 Å². The number of urea groups is 1. The SMILES string of the molecule is Cn1ccnc1C1CCN(C(=O)NC2CCCC(C(C)(C)C)CC2)C1. The largest absolute Gasteiger partial charge is 0.338 e. The van der Waals surface area contributed by atoms with Crippen molar-refractivity contribution in [2.45, 2.75) is 71.3 Å². The zero-order valence-corrected chi connectivity index (χ0v) is 16.3. The second kappa shape index (κ2) is 7.38. The summed E-state index contributed by atoms with van der Waals surface area (Å²) in [5, 5.41) is 3.31. The Hall–Kier alpha value is -1.52. The van der Waals surface area contributed by atoms with Crippen LogP contribution < -0.4 is 5.32 Å². The molecule has 2 aliphatic rings. The van der Waals surface area contributed by atoms with E-state index in [1.807, 2.05) is 24.3 Å². The van der Waals surface area contributed by atoms with Crippen LogP contribution in [0.25, 0.3) is 0 Å². The molecule has 0 aromatic carbocycles. The Morgan fingerprint density at radius 3 is 2.68 bits per heavy atom. The number of hydrogen-bond acceptors (Lipinski definition) is 2. The van der Waals surface area contributed by atoms with Crippen molar-refractivity contribution in [2.75, 3.05) is 13.1 Å². The normalized spacial score (nSPS) is 28.0. The minimum atomic E-state index is 0.121. The highest BCUT2D eigenvalue weighted by atomic mass is 16.2. The average Bonchev–Trinajstić information content (AvgIpc) is 3.11. The molecule has 2 heterocycles. The molecule has 1 aromatic heterocycles. The standard InChI is InChI=1S/C20H34N4O/c1-20(2,3)16-6-5-7-17(9-8-16)22-19(25)24-12-10-15(14-24)18-21-11-13-23(18)4/h11,13,15-17H,5-10,12,14H2,1-4H3,(H,22,25). The van der Waals surface area contributed by atoms with Gasteiger partial charge in [0.05, 0.1) is 0 Å². The highest BCUT2D eigenvalue weighted by Gasteiger charge is 2.32. The molecule has 0 radical (unpaired) electrons. The molecule has 0 spiro atoms. The summed E-state index contributed by atoms with van der Waals surface area (Å²) in [7, 11) is 2.03. The van der Waals surface area contributed by atoms with Gasteiger partial charge in [-0.15, -0.1) is 0 Å². The Morgan fingerprint density at radius 1 is 1.20 bits per heavy atom. The van der Waals surface area contributed by atoms with Gasteiger partial charge in [-0.1, -0.05) is 27.2 Å². The maximum absolute atomic E-state index is 12.7. The number of amides is 2. The number of nitrogens with zero attached hydrogens (tertiary/aromatic N) is 3. The lowest BCUT2D eigenvalue weighted by Gasteiger charge is -2.29. The second-order valence-corrected chi connectivity index (χ2v) is 9.05. The fraction of sp³-hybridized carbons (Fsp3) is 0.800. The van der Waals surface area contributed by atoms with E-state index >= 15 is 0 Å². The molecule has 2 fully saturated rings. The van der Waals surface area contributed by atoms with E-state index in [-0.39, 0.29) is 6.03 Å². The van der Waals surface area contributed by atoms with Crippen LogP contribution in [0.1, 0.15) is 71.0 Å². The summed E-state index contributed by atoms with van der Waals surface area (Å²) in [6, 6.07) is 0.461. The van der Waals surface area contributed by atoms with Gasteiger partial charge in [0.25, 0.3) is 0 Å². The summed E-state index contributed by atoms with van der Waals surface area (Å²) in [6.07, 6.45) is 10.8. The van der Waals surface area contributed by atoms with E-state index in [1.54, 1.807) is 0 Å². The van der Waals surface area contributed by atoms with Crippen molar-refractivity contribution in [1.82, 2.24) is 19.8 Å². The van der Waals surface area contributed by atoms with Crippen molar-refractivity contribution in [3.63, 3.8) is 0 Å². The average molecular weight is 347 g/mol. The molecular formula is C20H34N4O. The van der Waals surface area contributed by atoms with Crippen LogP contribution in [0, 0.1) is 11.3 Å². The van der Waals surface area contributed by atoms with Gasteiger partial charge in [-0.25, -0.2) is 9.78 Å². The molecule has 1 aliphatic carbocycles. The van der Waals surface area contributed by atoms with E-state index in [0.717, 1.165) is 44.1 Å². The molecule has 2 amide bonds. The predicted molar refractivity (Wildman–Crippen MR) is 100 cm³/mol. The van der Waals surface area contributed by atoms with Crippen LogP contribution in [0.15, 0.2) is 12.4 Å². The molecule has 140 valence electrons. The maximum atomic E-state index is 12.7. The van der Waals surface area contributed by atoms with Gasteiger partial charge in [-0.2, -0.15) is 0 Å². The molecule has 1 saturated heterocycles. The summed E-state index contributed by atoms with van der Waals surface area (Å²) >= 11 is 0. The molecule has 1 aliphatic heterocycles. The van der Waals surface area contributed by atoms with E-state index in [1.165, 1.54) is 19.3 Å². The van der Waals surface area contributed by atoms with Gasteiger partial charge in [0.15, 0.2) is 0 Å². The first-order valence-electron chi connectivity index (χ1n) is 9.87. The molecule has 1 aromatic rings. The van der Waals surface area contributed by atoms with Gasteiger partial charge in [0.1, 0.15) is 5.82 Å². The third-order valence-corrected chi connectivity index (χ3v) is 6.22. The monoisotopic (exact) mass is 346 g/mol. The third-order valence-electron chi connectivity index (χ3n) is 6.22. The molecule has 0 bridgehead atoms. The van der Waals surface area contributed by atoms with Crippen molar-refractivity contribution in [3.05, 3.63) is 18.2 Å². The first-order valence-corrected chi connectivity index (χ1v) is 9.87. The van der Waals surface area contributed by atoms with Crippen molar-refractivity contribution in [1.29, 1.82) is 0 Å². The second-order valence-electron chi connectivity index (χ2n) is 9.05. The topological polar surface area (TPSA) is 50.2 Å². The van der Waals surface area contributed by atoms with Crippen LogP contribution >= 0.6 is 0 Å². The molecule has 3 atom stereocenters. The number of hydrogen-bond donors (Lipinski definition) is 1. The van der Waals surface area contributed by atoms with Crippen molar-refractivity contribution in [3.8, 4) is 0 Å². The Labute approximate surface area is 152 Å². The number of carbonyl (C=O) groups is 1. The zero-order chi connectivity index (χ0) is 18.0. The van der Waals surface area contributed by atoms with Crippen molar-refractivity contribution >= 4 is 6.03 Å². The number of likely N-dealkylation sites (tertiary alicyclic amines) is 1. The van der Waals surface area contributed by atoms with E-state index in [9.17, 15) is 4.79 Å². The number of nitrogens with one attached hydrogen (secondary N) is 1. The highest BCUT2D eigenvalue weighted by molar-refractivity contribution is 5.75. The van der Waals surface area contributed by atoms with Gasteiger partial charge in [-0.05, 0) is 43.4 Å². The fourth-order valence-electron chi connectivity index (χ4n) is 4.50. The van der Waals surface area contributed by atoms with Gasteiger partial charge < -0.3 is 14.8 Å². The van der Waals surface area contributed by atoms with E-state index in [0.29, 0.717) is 17.4 Å². The molecule has 5 nitrogen and oxygen atoms in total. The van der Waals surface area contributed by atoms with Gasteiger partial charge in [0, 0.05) is 44.5 Å². The van der Waals surface area contributed by atoms with Gasteiger partial charge in [-0.3, -0.25) is 0 Å². The molecule has 1 N–H and O–H groups in total. The molecule has 25 heavy (non-hydrogen) atoms. The number of rotatable bonds is 2. The first-order chi connectivity index (χ1) is 11.8. The van der Waals surface area contributed by atoms with E-state index < -0.39 is 0 Å². The summed E-state index contributed by atoms with van der Waals surface area (Å²) in [5.41, 5.74) is 0.378. The summed E-state index contributed by atoms with van der Waals surface area (Å²) in [5.74, 6) is 2.23. The number of aryl methyl sites for hydroxylation is 1. The highest BCUT2D eigenvalue weighted by Crippen LogP contribution is 2.37. The van der Waals surface area contributed by atoms with E-state index in [4.69, 9.17) is 0 Å². The quantitative estimate of drug-likeness (QED) is 0.825. The number of imidazole rings is 1. The minimum absolute atomic E-state index is 0.121. The maximum Gasteiger partial charge on any atom is 0.317 e. The minimum Gasteiger partial charge on any atom is -0.338 e. The molecular weight excluding hydrogens is 312 g/mol. The van der Waals surface area contributed by atoms with E-state index in [2.05, 4.69) is 35.6 Å². The summed E-state index contributed by atoms with van der Waals surface area (Å²) < 4.78 is 2.07. The number of carbonyl (C=O) groups excluding carboxylic acids is 1. The Kier molecular flexibility index (Phi) is 5.40. The van der Waals surface area contributed by atoms with Crippen molar-refractivity contribution in [2.24, 2.45) is 18.4 Å². The predicted octanol–water partition coefficient (Wildman–Crippen LogP) is 3.91. The lowest BCUT2D eigenvalue weighted by molar-refractivity contribution is 0.199. The van der Waals surface area contributed by atoms with Crippen LogP contribution in [-0.2, 0) is 7.05 Å². The zero-order valence-electron chi connectivity index (χ0n) is 16.3. The summed E-state index contributed by atoms with van der Waals surface area (Å²) in [6.45, 7) is 8.66. The lowest BCUT2D eigenvalue weighted by atomic mass is 9.76.